The van der Waals surface area contributed by atoms with Crippen molar-refractivity contribution in [2.24, 2.45) is 0 Å². The number of nitrogens with zero attached hydrogens (tertiary/aromatic N) is 4. The average Bonchev–Trinajstić information content (AvgIpc) is 3.01. The molecule has 0 amide bonds. The van der Waals surface area contributed by atoms with Gasteiger partial charge in [-0.25, -0.2) is 15.0 Å². The van der Waals surface area contributed by atoms with Crippen LogP contribution in [0.3, 0.4) is 0 Å². The maximum atomic E-state index is 11.8. The third-order valence-corrected chi connectivity index (χ3v) is 4.18. The van der Waals surface area contributed by atoms with Gasteiger partial charge in [-0.1, -0.05) is 0 Å². The smallest absolute Gasteiger partial charge is 0.434 e. The molecule has 0 aliphatic carbocycles. The molecule has 3 atom stereocenters. The van der Waals surface area contributed by atoms with Gasteiger partial charge in [0.2, 0.25) is 0 Å². The molecule has 2 N–H and O–H groups in total. The number of ether oxygens (including phenoxy) is 4. The monoisotopic (exact) mass is 429 g/mol. The van der Waals surface area contributed by atoms with Gasteiger partial charge in [-0.3, -0.25) is 4.98 Å². The third kappa shape index (κ3) is 5.97. The van der Waals surface area contributed by atoms with Crippen molar-refractivity contribution in [3.8, 4) is 6.01 Å². The number of fused-ring (bicyclic) bond motifs is 1. The van der Waals surface area contributed by atoms with E-state index in [1.807, 2.05) is 13.8 Å². The summed E-state index contributed by atoms with van der Waals surface area (Å²) in [6, 6.07) is 2.10. The van der Waals surface area contributed by atoms with Gasteiger partial charge in [0.15, 0.2) is 11.5 Å². The molecular weight excluding hydrogens is 407 g/mol. The van der Waals surface area contributed by atoms with E-state index in [2.05, 4.69) is 19.9 Å². The summed E-state index contributed by atoms with van der Waals surface area (Å²) >= 11 is 0. The molecule has 2 aromatic heterocycles. The zero-order valence-electron chi connectivity index (χ0n) is 16.4. The highest BCUT2D eigenvalue weighted by Crippen LogP contribution is 2.35. The molecule has 4 rings (SSSR count). The highest BCUT2D eigenvalue weighted by atomic mass is 19.4. The largest absolute Gasteiger partial charge is 0.461 e. The molecular formula is C18H22F3N5O4. The normalized spacial score (nSPS) is 25.0. The maximum absolute atomic E-state index is 11.8. The minimum Gasteiger partial charge on any atom is -0.461 e. The van der Waals surface area contributed by atoms with Crippen molar-refractivity contribution in [1.29, 1.82) is 0 Å². The van der Waals surface area contributed by atoms with E-state index >= 15 is 0 Å². The minimum absolute atomic E-state index is 0.0778. The zero-order valence-corrected chi connectivity index (χ0v) is 16.4. The van der Waals surface area contributed by atoms with Crippen molar-refractivity contribution in [1.82, 2.24) is 19.9 Å². The van der Waals surface area contributed by atoms with Crippen LogP contribution in [-0.4, -0.2) is 57.2 Å². The van der Waals surface area contributed by atoms with Gasteiger partial charge in [-0.15, -0.1) is 0 Å². The number of halogens is 3. The molecule has 0 saturated carbocycles. The highest BCUT2D eigenvalue weighted by molar-refractivity contribution is 5.24. The second-order valence-corrected chi connectivity index (χ2v) is 7.01. The van der Waals surface area contributed by atoms with E-state index < -0.39 is 17.7 Å². The van der Waals surface area contributed by atoms with Crippen LogP contribution in [0, 0.1) is 0 Å². The zero-order chi connectivity index (χ0) is 21.8. The summed E-state index contributed by atoms with van der Waals surface area (Å²) in [6.45, 7) is 4.86. The molecule has 2 saturated heterocycles. The maximum Gasteiger partial charge on any atom is 0.434 e. The first kappa shape index (κ1) is 22.1. The van der Waals surface area contributed by atoms with E-state index in [9.17, 15) is 13.2 Å². The van der Waals surface area contributed by atoms with Crippen LogP contribution < -0.4 is 10.5 Å². The van der Waals surface area contributed by atoms with Crippen LogP contribution in [-0.2, 0) is 20.4 Å². The number of hydrogen-bond acceptors (Lipinski definition) is 9. The molecule has 30 heavy (non-hydrogen) atoms. The molecule has 0 radical (unpaired) electrons. The highest BCUT2D eigenvalue weighted by Gasteiger charge is 2.47. The minimum atomic E-state index is -4.47. The molecule has 2 fully saturated rings. The van der Waals surface area contributed by atoms with Crippen molar-refractivity contribution < 1.29 is 32.1 Å². The molecule has 0 bridgehead atoms. The molecule has 2 aromatic rings. The fourth-order valence-electron chi connectivity index (χ4n) is 3.01. The lowest BCUT2D eigenvalue weighted by molar-refractivity contribution is -0.156. The van der Waals surface area contributed by atoms with Gasteiger partial charge < -0.3 is 24.7 Å². The molecule has 9 nitrogen and oxygen atoms in total. The Kier molecular flexibility index (Phi) is 6.68. The second kappa shape index (κ2) is 9.06. The molecule has 2 aliphatic heterocycles. The number of nitrogens with two attached hydrogens (primary N) is 1. The van der Waals surface area contributed by atoms with Gasteiger partial charge in [-0.2, -0.15) is 13.2 Å². The Labute approximate surface area is 170 Å². The Balaban J connectivity index is 0.000000199. The second-order valence-electron chi connectivity index (χ2n) is 7.01. The third-order valence-electron chi connectivity index (χ3n) is 4.18. The van der Waals surface area contributed by atoms with Crippen molar-refractivity contribution >= 4 is 5.82 Å². The Morgan fingerprint density at radius 3 is 2.57 bits per heavy atom. The number of hydrogen-bond donors (Lipinski definition) is 1. The topological polar surface area (TPSA) is 114 Å². The van der Waals surface area contributed by atoms with Gasteiger partial charge in [0.05, 0.1) is 18.5 Å². The Bertz CT molecular complexity index is 825. The summed E-state index contributed by atoms with van der Waals surface area (Å²) in [5.74, 6) is -0.787. The predicted molar refractivity (Wildman–Crippen MR) is 97.2 cm³/mol. The summed E-state index contributed by atoms with van der Waals surface area (Å²) in [4.78, 5) is 14.3. The van der Waals surface area contributed by atoms with E-state index in [-0.39, 0.29) is 24.1 Å². The van der Waals surface area contributed by atoms with Gasteiger partial charge in [-0.05, 0) is 26.3 Å². The van der Waals surface area contributed by atoms with E-state index in [1.165, 1.54) is 0 Å². The van der Waals surface area contributed by atoms with Gasteiger partial charge >= 0.3 is 12.2 Å². The van der Waals surface area contributed by atoms with Crippen LogP contribution in [0.15, 0.2) is 30.9 Å². The molecule has 2 aliphatic rings. The number of rotatable bonds is 3. The van der Waals surface area contributed by atoms with Crippen LogP contribution in [0.1, 0.15) is 26.0 Å². The lowest BCUT2D eigenvalue weighted by Gasteiger charge is -2.30. The first-order valence-corrected chi connectivity index (χ1v) is 9.16. The number of aromatic nitrogens is 4. The van der Waals surface area contributed by atoms with Crippen molar-refractivity contribution in [2.75, 3.05) is 18.9 Å². The van der Waals surface area contributed by atoms with Crippen molar-refractivity contribution in [3.63, 3.8) is 0 Å². The van der Waals surface area contributed by atoms with E-state index in [1.54, 1.807) is 18.5 Å². The van der Waals surface area contributed by atoms with E-state index in [0.29, 0.717) is 25.4 Å². The van der Waals surface area contributed by atoms with Crippen LogP contribution in [0.4, 0.5) is 19.0 Å². The standard InChI is InChI=1S/C13H18N2O4.C5H4F3N3/c1-13(2)18-9-4-7-16-10(11(9)19-13)8-17-12-14-5-3-6-15-12;6-5(7,8)3-1-10-2-4(9)11-3/h3,5-6,9-11H,4,7-8H2,1-2H3;1-2H,(H2,9,11). The van der Waals surface area contributed by atoms with Crippen molar-refractivity contribution in [2.45, 2.75) is 50.5 Å². The molecule has 0 aromatic carbocycles. The fraction of sp³-hybridized carbons (Fsp3) is 0.556. The van der Waals surface area contributed by atoms with Crippen LogP contribution in [0.25, 0.3) is 0 Å². The Morgan fingerprint density at radius 1 is 1.20 bits per heavy atom. The Hall–Kier alpha value is -2.57. The SMILES string of the molecule is CC1(C)OC2CCOC(COc3ncccn3)C2O1.Nc1cncc(C(F)(F)F)n1. The summed E-state index contributed by atoms with van der Waals surface area (Å²) < 4.78 is 58.4. The fourth-order valence-corrected chi connectivity index (χ4v) is 3.01. The molecule has 12 heteroatoms. The number of anilines is 1. The van der Waals surface area contributed by atoms with Gasteiger partial charge in [0, 0.05) is 19.0 Å². The lowest BCUT2D eigenvalue weighted by Crippen LogP contribution is -2.45. The summed E-state index contributed by atoms with van der Waals surface area (Å²) in [5.41, 5.74) is 3.91. The molecule has 164 valence electrons. The number of alkyl halides is 3. The van der Waals surface area contributed by atoms with Crippen LogP contribution >= 0.6 is 0 Å². The Morgan fingerprint density at radius 2 is 1.93 bits per heavy atom. The number of nitrogen functional groups attached to an aromatic ring is 1. The van der Waals surface area contributed by atoms with E-state index in [4.69, 9.17) is 24.7 Å². The summed E-state index contributed by atoms with van der Waals surface area (Å²) in [5, 5.41) is 0. The molecule has 4 heterocycles. The van der Waals surface area contributed by atoms with E-state index in [0.717, 1.165) is 12.6 Å². The first-order chi connectivity index (χ1) is 14.1. The molecule has 3 unspecified atom stereocenters. The average molecular weight is 429 g/mol. The molecule has 0 spiro atoms. The van der Waals surface area contributed by atoms with Crippen LogP contribution in [0.5, 0.6) is 6.01 Å². The lowest BCUT2D eigenvalue weighted by atomic mass is 10.0. The van der Waals surface area contributed by atoms with Gasteiger partial charge in [0.25, 0.3) is 0 Å². The summed E-state index contributed by atoms with van der Waals surface area (Å²) in [6.07, 6.45) is 1.18. The quantitative estimate of drug-likeness (QED) is 0.784. The first-order valence-electron chi connectivity index (χ1n) is 9.16. The predicted octanol–water partition coefficient (Wildman–Crippen LogP) is 2.24. The van der Waals surface area contributed by atoms with Gasteiger partial charge in [0.1, 0.15) is 24.6 Å². The van der Waals surface area contributed by atoms with Crippen LogP contribution in [0.2, 0.25) is 0 Å². The summed E-state index contributed by atoms with van der Waals surface area (Å²) in [7, 11) is 0. The van der Waals surface area contributed by atoms with Crippen molar-refractivity contribution in [3.05, 3.63) is 36.5 Å².